The van der Waals surface area contributed by atoms with Gasteiger partial charge in [-0.05, 0) is 44.9 Å². The Hall–Kier alpha value is -1.33. The Kier molecular flexibility index (Phi) is 6.29. The van der Waals surface area contributed by atoms with Crippen molar-refractivity contribution < 1.29 is 0 Å². The SMILES string of the molecule is C#CCCCC(CCc1ccccn1)NC. The predicted octanol–water partition coefficient (Wildman–Crippen LogP) is 2.41. The van der Waals surface area contributed by atoms with E-state index in [1.54, 1.807) is 0 Å². The summed E-state index contributed by atoms with van der Waals surface area (Å²) >= 11 is 0. The third kappa shape index (κ3) is 4.95. The van der Waals surface area contributed by atoms with Crippen molar-refractivity contribution in [3.8, 4) is 12.3 Å². The lowest BCUT2D eigenvalue weighted by Gasteiger charge is -2.14. The van der Waals surface area contributed by atoms with E-state index in [-0.39, 0.29) is 0 Å². The van der Waals surface area contributed by atoms with E-state index in [1.165, 1.54) is 5.69 Å². The van der Waals surface area contributed by atoms with E-state index in [1.807, 2.05) is 25.4 Å². The molecule has 1 unspecified atom stereocenters. The van der Waals surface area contributed by atoms with Gasteiger partial charge in [0, 0.05) is 24.4 Å². The van der Waals surface area contributed by atoms with Crippen LogP contribution >= 0.6 is 0 Å². The van der Waals surface area contributed by atoms with Gasteiger partial charge in [0.25, 0.3) is 0 Å². The number of terminal acetylenes is 1. The summed E-state index contributed by atoms with van der Waals surface area (Å²) < 4.78 is 0. The van der Waals surface area contributed by atoms with Crippen molar-refractivity contribution in [2.24, 2.45) is 0 Å². The first kappa shape index (κ1) is 12.7. The van der Waals surface area contributed by atoms with Crippen LogP contribution in [0.4, 0.5) is 0 Å². The molecule has 0 aliphatic heterocycles. The van der Waals surface area contributed by atoms with Gasteiger partial charge in [-0.2, -0.15) is 0 Å². The third-order valence-corrected chi connectivity index (χ3v) is 2.76. The van der Waals surface area contributed by atoms with Crippen LogP contribution < -0.4 is 5.32 Å². The summed E-state index contributed by atoms with van der Waals surface area (Å²) in [6, 6.07) is 6.62. The number of aromatic nitrogens is 1. The molecule has 1 atom stereocenters. The van der Waals surface area contributed by atoms with Crippen molar-refractivity contribution in [2.75, 3.05) is 7.05 Å². The summed E-state index contributed by atoms with van der Waals surface area (Å²) in [5.41, 5.74) is 1.17. The minimum absolute atomic E-state index is 0.551. The Morgan fingerprint density at radius 2 is 2.31 bits per heavy atom. The number of nitrogens with zero attached hydrogens (tertiary/aromatic N) is 1. The van der Waals surface area contributed by atoms with Crippen LogP contribution in [0.5, 0.6) is 0 Å². The first-order chi connectivity index (χ1) is 7.86. The number of unbranched alkanes of at least 4 members (excludes halogenated alkanes) is 1. The summed E-state index contributed by atoms with van der Waals surface area (Å²) in [5, 5.41) is 3.33. The molecule has 1 rings (SSSR count). The number of hydrogen-bond acceptors (Lipinski definition) is 2. The van der Waals surface area contributed by atoms with E-state index >= 15 is 0 Å². The maximum Gasteiger partial charge on any atom is 0.0404 e. The van der Waals surface area contributed by atoms with Gasteiger partial charge in [-0.3, -0.25) is 4.98 Å². The number of rotatable bonds is 7. The lowest BCUT2D eigenvalue weighted by Crippen LogP contribution is -2.25. The van der Waals surface area contributed by atoms with Crippen LogP contribution in [0.3, 0.4) is 0 Å². The lowest BCUT2D eigenvalue weighted by molar-refractivity contribution is 0.475. The Bertz CT molecular complexity index is 313. The van der Waals surface area contributed by atoms with E-state index in [4.69, 9.17) is 6.42 Å². The highest BCUT2D eigenvalue weighted by molar-refractivity contribution is 5.03. The van der Waals surface area contributed by atoms with Crippen molar-refractivity contribution in [3.63, 3.8) is 0 Å². The molecule has 2 nitrogen and oxygen atoms in total. The Morgan fingerprint density at radius 1 is 1.44 bits per heavy atom. The number of pyridine rings is 1. The minimum atomic E-state index is 0.551. The first-order valence-electron chi connectivity index (χ1n) is 5.87. The molecule has 0 radical (unpaired) electrons. The monoisotopic (exact) mass is 216 g/mol. The van der Waals surface area contributed by atoms with Crippen LogP contribution in [0.25, 0.3) is 0 Å². The molecule has 0 aliphatic carbocycles. The Balaban J connectivity index is 2.26. The molecule has 0 saturated heterocycles. The molecule has 1 N–H and O–H groups in total. The van der Waals surface area contributed by atoms with Crippen molar-refractivity contribution >= 4 is 0 Å². The second kappa shape index (κ2) is 7.90. The van der Waals surface area contributed by atoms with Gasteiger partial charge in [-0.1, -0.05) is 6.07 Å². The molecule has 0 aromatic carbocycles. The minimum Gasteiger partial charge on any atom is -0.317 e. The molecule has 2 heteroatoms. The topological polar surface area (TPSA) is 24.9 Å². The zero-order valence-electron chi connectivity index (χ0n) is 9.95. The van der Waals surface area contributed by atoms with Crippen molar-refractivity contribution in [3.05, 3.63) is 30.1 Å². The summed E-state index contributed by atoms with van der Waals surface area (Å²) in [5.74, 6) is 2.68. The maximum atomic E-state index is 5.24. The molecule has 0 fully saturated rings. The maximum absolute atomic E-state index is 5.24. The normalized spacial score (nSPS) is 12.0. The molecule has 0 bridgehead atoms. The third-order valence-electron chi connectivity index (χ3n) is 2.76. The highest BCUT2D eigenvalue weighted by atomic mass is 14.9. The molecule has 0 saturated carbocycles. The average Bonchev–Trinajstić information content (AvgIpc) is 2.35. The molecule has 1 aromatic heterocycles. The van der Waals surface area contributed by atoms with Crippen LogP contribution in [-0.2, 0) is 6.42 Å². The number of nitrogens with one attached hydrogen (secondary N) is 1. The summed E-state index contributed by atoms with van der Waals surface area (Å²) in [4.78, 5) is 4.32. The zero-order valence-corrected chi connectivity index (χ0v) is 9.95. The van der Waals surface area contributed by atoms with E-state index < -0.39 is 0 Å². The van der Waals surface area contributed by atoms with Crippen LogP contribution in [0.15, 0.2) is 24.4 Å². The molecule has 86 valence electrons. The fourth-order valence-electron chi connectivity index (χ4n) is 1.75. The molecule has 1 aromatic rings. The molecule has 0 aliphatic rings. The first-order valence-corrected chi connectivity index (χ1v) is 5.87. The van der Waals surface area contributed by atoms with Crippen molar-refractivity contribution in [1.29, 1.82) is 0 Å². The molecule has 0 amide bonds. The van der Waals surface area contributed by atoms with Gasteiger partial charge >= 0.3 is 0 Å². The molecule has 16 heavy (non-hydrogen) atoms. The summed E-state index contributed by atoms with van der Waals surface area (Å²) in [7, 11) is 2.01. The lowest BCUT2D eigenvalue weighted by atomic mass is 10.0. The summed E-state index contributed by atoms with van der Waals surface area (Å²) in [6.07, 6.45) is 12.4. The molecular formula is C14H20N2. The highest BCUT2D eigenvalue weighted by Crippen LogP contribution is 2.07. The molecule has 1 heterocycles. The second-order valence-electron chi connectivity index (χ2n) is 3.94. The molecular weight excluding hydrogens is 196 g/mol. The van der Waals surface area contributed by atoms with Gasteiger partial charge in [0.15, 0.2) is 0 Å². The predicted molar refractivity (Wildman–Crippen MR) is 68.1 cm³/mol. The van der Waals surface area contributed by atoms with Gasteiger partial charge in [0.1, 0.15) is 0 Å². The van der Waals surface area contributed by atoms with E-state index in [0.29, 0.717) is 6.04 Å². The van der Waals surface area contributed by atoms with E-state index in [2.05, 4.69) is 22.3 Å². The number of aryl methyl sites for hydroxylation is 1. The summed E-state index contributed by atoms with van der Waals surface area (Å²) in [6.45, 7) is 0. The van der Waals surface area contributed by atoms with Gasteiger partial charge in [0.05, 0.1) is 0 Å². The smallest absolute Gasteiger partial charge is 0.0404 e. The highest BCUT2D eigenvalue weighted by Gasteiger charge is 2.05. The van der Waals surface area contributed by atoms with Gasteiger partial charge in [-0.15, -0.1) is 12.3 Å². The quantitative estimate of drug-likeness (QED) is 0.559. The Labute approximate surface area is 98.5 Å². The fourth-order valence-corrected chi connectivity index (χ4v) is 1.75. The van der Waals surface area contributed by atoms with E-state index in [9.17, 15) is 0 Å². The van der Waals surface area contributed by atoms with Crippen LogP contribution in [-0.4, -0.2) is 18.1 Å². The van der Waals surface area contributed by atoms with Gasteiger partial charge in [0.2, 0.25) is 0 Å². The largest absolute Gasteiger partial charge is 0.317 e. The van der Waals surface area contributed by atoms with Crippen molar-refractivity contribution in [1.82, 2.24) is 10.3 Å². The van der Waals surface area contributed by atoms with Gasteiger partial charge < -0.3 is 5.32 Å². The van der Waals surface area contributed by atoms with E-state index in [0.717, 1.165) is 32.1 Å². The number of hydrogen-bond donors (Lipinski definition) is 1. The van der Waals surface area contributed by atoms with Crippen LogP contribution in [0.1, 0.15) is 31.4 Å². The van der Waals surface area contributed by atoms with Crippen LogP contribution in [0.2, 0.25) is 0 Å². The average molecular weight is 216 g/mol. The zero-order chi connectivity index (χ0) is 11.6. The van der Waals surface area contributed by atoms with Crippen LogP contribution in [0, 0.1) is 12.3 Å². The second-order valence-corrected chi connectivity index (χ2v) is 3.94. The van der Waals surface area contributed by atoms with Crippen molar-refractivity contribution in [2.45, 2.75) is 38.1 Å². The fraction of sp³-hybridized carbons (Fsp3) is 0.500. The standard InChI is InChI=1S/C14H20N2/c1-3-4-5-8-13(15-2)10-11-14-9-6-7-12-16-14/h1,6-7,9,12-13,15H,4-5,8,10-11H2,2H3. The molecule has 0 spiro atoms. The van der Waals surface area contributed by atoms with Gasteiger partial charge in [-0.25, -0.2) is 0 Å². The Morgan fingerprint density at radius 3 is 2.94 bits per heavy atom.